The van der Waals surface area contributed by atoms with Gasteiger partial charge in [-0.05, 0) is 35.7 Å². The fourth-order valence-electron chi connectivity index (χ4n) is 1.67. The molecule has 1 aromatic heterocycles. The largest absolute Gasteiger partial charge is 0.433 e. The third kappa shape index (κ3) is 3.43. The lowest BCUT2D eigenvalue weighted by Gasteiger charge is -2.07. The van der Waals surface area contributed by atoms with E-state index in [0.29, 0.717) is 5.56 Å². The summed E-state index contributed by atoms with van der Waals surface area (Å²) in [4.78, 5) is 3.68. The van der Waals surface area contributed by atoms with E-state index in [9.17, 15) is 22.0 Å². The molecule has 2 aromatic rings. The zero-order valence-corrected chi connectivity index (χ0v) is 9.92. The van der Waals surface area contributed by atoms with E-state index in [1.54, 1.807) is 0 Å². The van der Waals surface area contributed by atoms with Crippen molar-refractivity contribution in [2.24, 2.45) is 0 Å². The molecule has 0 saturated carbocycles. The first kappa shape index (κ1) is 14.2. The summed E-state index contributed by atoms with van der Waals surface area (Å²) >= 11 is 0. The van der Waals surface area contributed by atoms with Gasteiger partial charge in [0, 0.05) is 6.20 Å². The molecule has 0 bridgehead atoms. The molecule has 0 unspecified atom stereocenters. The van der Waals surface area contributed by atoms with Gasteiger partial charge in [-0.3, -0.25) is 4.98 Å². The van der Waals surface area contributed by atoms with Crippen LogP contribution in [-0.4, -0.2) is 11.6 Å². The second kappa shape index (κ2) is 5.85. The predicted octanol–water partition coefficient (Wildman–Crippen LogP) is 3.69. The number of hydrogen-bond donors (Lipinski definition) is 0. The first-order valence-corrected chi connectivity index (χ1v) is 5.48. The van der Waals surface area contributed by atoms with Gasteiger partial charge in [0.15, 0.2) is 17.5 Å². The molecular formula is C13H8F5NO. The van der Waals surface area contributed by atoms with E-state index in [0.717, 1.165) is 18.3 Å². The van der Waals surface area contributed by atoms with Crippen LogP contribution >= 0.6 is 0 Å². The molecule has 106 valence electrons. The highest BCUT2D eigenvalue weighted by Crippen LogP contribution is 2.19. The van der Waals surface area contributed by atoms with Crippen LogP contribution in [0.5, 0.6) is 5.75 Å². The minimum Gasteiger partial charge on any atom is -0.433 e. The Morgan fingerprint density at radius 2 is 1.60 bits per heavy atom. The molecule has 0 fully saturated rings. The standard InChI is InChI=1S/C13H8F5NO/c14-10-3-7(4-11(15)12(10)16)1-8-2-9(6-19-5-8)20-13(17)18/h2-6,13H,1H2. The first-order valence-electron chi connectivity index (χ1n) is 5.48. The second-order valence-electron chi connectivity index (χ2n) is 3.96. The highest BCUT2D eigenvalue weighted by Gasteiger charge is 2.11. The molecule has 0 radical (unpaired) electrons. The lowest BCUT2D eigenvalue weighted by atomic mass is 10.1. The minimum atomic E-state index is -2.99. The van der Waals surface area contributed by atoms with Gasteiger partial charge in [0.05, 0.1) is 6.20 Å². The van der Waals surface area contributed by atoms with Crippen LogP contribution in [-0.2, 0) is 6.42 Å². The maximum absolute atomic E-state index is 13.0. The van der Waals surface area contributed by atoms with Gasteiger partial charge in [-0.2, -0.15) is 8.78 Å². The molecular weight excluding hydrogens is 281 g/mol. The monoisotopic (exact) mass is 289 g/mol. The van der Waals surface area contributed by atoms with Gasteiger partial charge in [-0.1, -0.05) is 0 Å². The summed E-state index contributed by atoms with van der Waals surface area (Å²) in [6.07, 6.45) is 2.42. The molecule has 0 aliphatic heterocycles. The van der Waals surface area contributed by atoms with Crippen molar-refractivity contribution in [1.82, 2.24) is 4.98 Å². The van der Waals surface area contributed by atoms with Crippen molar-refractivity contribution < 1.29 is 26.7 Å². The van der Waals surface area contributed by atoms with Gasteiger partial charge in [-0.15, -0.1) is 0 Å². The summed E-state index contributed by atoms with van der Waals surface area (Å²) in [7, 11) is 0. The summed E-state index contributed by atoms with van der Waals surface area (Å²) in [6, 6.07) is 2.93. The van der Waals surface area contributed by atoms with Crippen LogP contribution in [0.15, 0.2) is 30.6 Å². The van der Waals surface area contributed by atoms with Gasteiger partial charge >= 0.3 is 6.61 Å². The molecule has 0 atom stereocenters. The van der Waals surface area contributed by atoms with Crippen LogP contribution in [0.4, 0.5) is 22.0 Å². The Bertz CT molecular complexity index is 594. The number of hydrogen-bond acceptors (Lipinski definition) is 2. The number of rotatable bonds is 4. The Morgan fingerprint density at radius 1 is 0.950 bits per heavy atom. The Labute approximate surface area is 110 Å². The molecule has 0 aliphatic carbocycles. The minimum absolute atomic E-state index is 0.00155. The Balaban J connectivity index is 2.22. The van der Waals surface area contributed by atoms with Crippen molar-refractivity contribution in [2.75, 3.05) is 0 Å². The lowest BCUT2D eigenvalue weighted by Crippen LogP contribution is -2.03. The van der Waals surface area contributed by atoms with Gasteiger partial charge in [0.1, 0.15) is 5.75 Å². The highest BCUT2D eigenvalue weighted by atomic mass is 19.3. The van der Waals surface area contributed by atoms with E-state index in [1.165, 1.54) is 12.3 Å². The smallest absolute Gasteiger partial charge is 0.387 e. The number of pyridine rings is 1. The number of alkyl halides is 2. The van der Waals surface area contributed by atoms with Crippen LogP contribution < -0.4 is 4.74 Å². The van der Waals surface area contributed by atoms with Crippen LogP contribution in [0, 0.1) is 17.5 Å². The second-order valence-corrected chi connectivity index (χ2v) is 3.96. The van der Waals surface area contributed by atoms with Gasteiger partial charge in [0.25, 0.3) is 0 Å². The number of ether oxygens (including phenoxy) is 1. The van der Waals surface area contributed by atoms with E-state index in [-0.39, 0.29) is 17.7 Å². The van der Waals surface area contributed by atoms with Crippen molar-refractivity contribution in [3.8, 4) is 5.75 Å². The van der Waals surface area contributed by atoms with Crippen molar-refractivity contribution in [3.05, 3.63) is 59.2 Å². The van der Waals surface area contributed by atoms with Crippen LogP contribution in [0.2, 0.25) is 0 Å². The van der Waals surface area contributed by atoms with Crippen molar-refractivity contribution in [2.45, 2.75) is 13.0 Å². The van der Waals surface area contributed by atoms with E-state index < -0.39 is 24.1 Å². The zero-order valence-electron chi connectivity index (χ0n) is 9.92. The molecule has 0 aliphatic rings. The molecule has 0 amide bonds. The maximum atomic E-state index is 13.0. The first-order chi connectivity index (χ1) is 9.45. The summed E-state index contributed by atoms with van der Waals surface area (Å²) < 4.78 is 67.1. The summed E-state index contributed by atoms with van der Waals surface area (Å²) in [5.74, 6) is -4.34. The molecule has 0 spiro atoms. The number of aromatic nitrogens is 1. The Kier molecular flexibility index (Phi) is 4.16. The van der Waals surface area contributed by atoms with Crippen LogP contribution in [0.3, 0.4) is 0 Å². The average molecular weight is 289 g/mol. The molecule has 1 heterocycles. The number of halogens is 5. The highest BCUT2D eigenvalue weighted by molar-refractivity contribution is 5.30. The van der Waals surface area contributed by atoms with Crippen molar-refractivity contribution in [3.63, 3.8) is 0 Å². The fourth-order valence-corrected chi connectivity index (χ4v) is 1.67. The van der Waals surface area contributed by atoms with Gasteiger partial charge < -0.3 is 4.74 Å². The van der Waals surface area contributed by atoms with Gasteiger partial charge in [-0.25, -0.2) is 13.2 Å². The Hall–Kier alpha value is -2.18. The summed E-state index contributed by atoms with van der Waals surface area (Å²) in [6.45, 7) is -2.99. The van der Waals surface area contributed by atoms with Crippen molar-refractivity contribution >= 4 is 0 Å². The predicted molar refractivity (Wildman–Crippen MR) is 60.0 cm³/mol. The van der Waals surface area contributed by atoms with Crippen LogP contribution in [0.25, 0.3) is 0 Å². The van der Waals surface area contributed by atoms with Crippen LogP contribution in [0.1, 0.15) is 11.1 Å². The maximum Gasteiger partial charge on any atom is 0.387 e. The topological polar surface area (TPSA) is 22.1 Å². The molecule has 0 saturated heterocycles. The van der Waals surface area contributed by atoms with E-state index >= 15 is 0 Å². The molecule has 2 nitrogen and oxygen atoms in total. The van der Waals surface area contributed by atoms with Crippen molar-refractivity contribution in [1.29, 1.82) is 0 Å². The molecule has 2 rings (SSSR count). The molecule has 20 heavy (non-hydrogen) atoms. The van der Waals surface area contributed by atoms with E-state index in [2.05, 4.69) is 9.72 Å². The third-order valence-corrected chi connectivity index (χ3v) is 2.45. The fraction of sp³-hybridized carbons (Fsp3) is 0.154. The summed E-state index contributed by atoms with van der Waals surface area (Å²) in [5, 5.41) is 0. The third-order valence-electron chi connectivity index (χ3n) is 2.45. The number of nitrogens with zero attached hydrogens (tertiary/aromatic N) is 1. The van der Waals surface area contributed by atoms with E-state index in [1.807, 2.05) is 0 Å². The lowest BCUT2D eigenvalue weighted by molar-refractivity contribution is -0.0501. The Morgan fingerprint density at radius 3 is 2.20 bits per heavy atom. The number of benzene rings is 1. The zero-order chi connectivity index (χ0) is 14.7. The SMILES string of the molecule is Fc1cc(Cc2cncc(OC(F)F)c2)cc(F)c1F. The normalized spacial score (nSPS) is 10.9. The average Bonchev–Trinajstić information content (AvgIpc) is 2.35. The van der Waals surface area contributed by atoms with E-state index in [4.69, 9.17) is 0 Å². The van der Waals surface area contributed by atoms with Gasteiger partial charge in [0.2, 0.25) is 0 Å². The summed E-state index contributed by atoms with van der Waals surface area (Å²) in [5.41, 5.74) is 0.547. The quantitative estimate of drug-likeness (QED) is 0.632. The molecule has 7 heteroatoms. The molecule has 1 aromatic carbocycles. The molecule has 0 N–H and O–H groups in total.